The molecule has 0 radical (unpaired) electrons. The van der Waals surface area contributed by atoms with Crippen LogP contribution in [0.4, 0.5) is 4.39 Å². The number of hydrogen-bond donors (Lipinski definition) is 1. The van der Waals surface area contributed by atoms with Crippen LogP contribution in [0.15, 0.2) is 29.4 Å². The fourth-order valence-electron chi connectivity index (χ4n) is 2.10. The lowest BCUT2D eigenvalue weighted by atomic mass is 10.2. The largest absolute Gasteiger partial charge is 0.370 e. The minimum atomic E-state index is -0.329. The zero-order valence-corrected chi connectivity index (χ0v) is 11.4. The van der Waals surface area contributed by atoms with Gasteiger partial charge in [-0.1, -0.05) is 18.2 Å². The van der Waals surface area contributed by atoms with E-state index < -0.39 is 0 Å². The molecule has 5 nitrogen and oxygen atoms in total. The van der Waals surface area contributed by atoms with E-state index in [0.29, 0.717) is 22.8 Å². The maximum atomic E-state index is 13.5. The fourth-order valence-corrected chi connectivity index (χ4v) is 2.29. The quantitative estimate of drug-likeness (QED) is 0.699. The number of nitrogens with one attached hydrogen (secondary N) is 1. The van der Waals surface area contributed by atoms with Crippen LogP contribution in [0.5, 0.6) is 0 Å². The summed E-state index contributed by atoms with van der Waals surface area (Å²) in [4.78, 5) is 0. The summed E-state index contributed by atoms with van der Waals surface area (Å²) in [6.07, 6.45) is 3.19. The summed E-state index contributed by atoms with van der Waals surface area (Å²) in [6.45, 7) is 0.710. The van der Waals surface area contributed by atoms with Crippen molar-refractivity contribution < 1.29 is 9.13 Å². The normalized spacial score (nSPS) is 18.9. The molecule has 1 aromatic carbocycles. The first-order valence-corrected chi connectivity index (χ1v) is 6.74. The summed E-state index contributed by atoms with van der Waals surface area (Å²) in [6, 6.07) is 6.42. The van der Waals surface area contributed by atoms with E-state index in [2.05, 4.69) is 15.3 Å². The summed E-state index contributed by atoms with van der Waals surface area (Å²) in [7, 11) is 0. The third-order valence-corrected chi connectivity index (χ3v) is 3.37. The third-order valence-electron chi connectivity index (χ3n) is 3.11. The number of hydrogen-bond acceptors (Lipinski definition) is 4. The van der Waals surface area contributed by atoms with E-state index in [0.717, 1.165) is 12.8 Å². The molecular formula is C13H13FN4OS. The Morgan fingerprint density at radius 2 is 2.35 bits per heavy atom. The predicted octanol–water partition coefficient (Wildman–Crippen LogP) is 2.81. The van der Waals surface area contributed by atoms with Gasteiger partial charge in [0, 0.05) is 12.2 Å². The van der Waals surface area contributed by atoms with Crippen LogP contribution >= 0.6 is 12.2 Å². The van der Waals surface area contributed by atoms with Gasteiger partial charge in [-0.2, -0.15) is 14.9 Å². The highest BCUT2D eigenvalue weighted by Crippen LogP contribution is 2.26. The van der Waals surface area contributed by atoms with E-state index in [4.69, 9.17) is 17.0 Å². The molecule has 20 heavy (non-hydrogen) atoms. The van der Waals surface area contributed by atoms with Gasteiger partial charge in [0.1, 0.15) is 11.9 Å². The Bertz CT molecular complexity index is 688. The summed E-state index contributed by atoms with van der Waals surface area (Å²) < 4.78 is 21.0. The molecule has 1 N–H and O–H groups in total. The molecule has 0 bridgehead atoms. The summed E-state index contributed by atoms with van der Waals surface area (Å²) in [5.41, 5.74) is 0.397. The second-order valence-corrected chi connectivity index (χ2v) is 4.85. The zero-order valence-electron chi connectivity index (χ0n) is 10.6. The number of halogens is 1. The first-order valence-electron chi connectivity index (χ1n) is 6.33. The Hall–Kier alpha value is -1.86. The fraction of sp³-hybridized carbons (Fsp3) is 0.308. The Balaban J connectivity index is 1.93. The Labute approximate surface area is 120 Å². The summed E-state index contributed by atoms with van der Waals surface area (Å²) in [5.74, 6) is 0.296. The van der Waals surface area contributed by atoms with Gasteiger partial charge >= 0.3 is 0 Å². The molecule has 1 atom stereocenters. The van der Waals surface area contributed by atoms with Crippen molar-refractivity contribution in [1.82, 2.24) is 14.9 Å². The van der Waals surface area contributed by atoms with Crippen molar-refractivity contribution in [3.05, 3.63) is 46.2 Å². The number of aromatic amines is 1. The maximum Gasteiger partial charge on any atom is 0.216 e. The Kier molecular flexibility index (Phi) is 3.70. The molecule has 3 rings (SSSR count). The van der Waals surface area contributed by atoms with Gasteiger partial charge in [0.2, 0.25) is 4.77 Å². The first kappa shape index (κ1) is 13.1. The van der Waals surface area contributed by atoms with E-state index in [1.54, 1.807) is 18.2 Å². The number of ether oxygens (including phenoxy) is 1. The van der Waals surface area contributed by atoms with Crippen LogP contribution in [-0.4, -0.2) is 27.7 Å². The second kappa shape index (κ2) is 5.64. The van der Waals surface area contributed by atoms with E-state index >= 15 is 0 Å². The monoisotopic (exact) mass is 292 g/mol. The van der Waals surface area contributed by atoms with Crippen LogP contribution in [0, 0.1) is 10.6 Å². The van der Waals surface area contributed by atoms with E-state index in [-0.39, 0.29) is 11.9 Å². The lowest BCUT2D eigenvalue weighted by Gasteiger charge is -2.07. The third kappa shape index (κ3) is 2.54. The van der Waals surface area contributed by atoms with Gasteiger partial charge in [-0.05, 0) is 31.1 Å². The number of rotatable bonds is 3. The molecule has 1 saturated heterocycles. The molecule has 7 heteroatoms. The van der Waals surface area contributed by atoms with Gasteiger partial charge in [0.15, 0.2) is 5.82 Å². The molecule has 0 amide bonds. The average molecular weight is 292 g/mol. The van der Waals surface area contributed by atoms with Crippen LogP contribution in [0.2, 0.25) is 0 Å². The van der Waals surface area contributed by atoms with E-state index in [1.807, 2.05) is 0 Å². The highest BCUT2D eigenvalue weighted by molar-refractivity contribution is 7.71. The molecule has 0 spiro atoms. The van der Waals surface area contributed by atoms with Crippen LogP contribution in [-0.2, 0) is 4.74 Å². The second-order valence-electron chi connectivity index (χ2n) is 4.47. The van der Waals surface area contributed by atoms with Crippen molar-refractivity contribution in [3.63, 3.8) is 0 Å². The number of aromatic nitrogens is 3. The van der Waals surface area contributed by atoms with Crippen molar-refractivity contribution in [2.75, 3.05) is 6.61 Å². The molecule has 104 valence electrons. The summed E-state index contributed by atoms with van der Waals surface area (Å²) >= 11 is 5.14. The van der Waals surface area contributed by atoms with Crippen molar-refractivity contribution in [3.8, 4) is 0 Å². The van der Waals surface area contributed by atoms with Gasteiger partial charge in [-0.25, -0.2) is 4.39 Å². The van der Waals surface area contributed by atoms with Crippen molar-refractivity contribution in [1.29, 1.82) is 0 Å². The van der Waals surface area contributed by atoms with E-state index in [1.165, 1.54) is 17.0 Å². The molecule has 1 aliphatic rings. The molecule has 1 fully saturated rings. The molecular weight excluding hydrogens is 279 g/mol. The average Bonchev–Trinajstić information content (AvgIpc) is 3.08. The highest BCUT2D eigenvalue weighted by atomic mass is 32.1. The predicted molar refractivity (Wildman–Crippen MR) is 74.7 cm³/mol. The van der Waals surface area contributed by atoms with Crippen molar-refractivity contribution in [2.45, 2.75) is 18.9 Å². The van der Waals surface area contributed by atoms with Gasteiger partial charge in [-0.15, -0.1) is 0 Å². The van der Waals surface area contributed by atoms with Crippen molar-refractivity contribution in [2.24, 2.45) is 5.10 Å². The Morgan fingerprint density at radius 1 is 1.50 bits per heavy atom. The van der Waals surface area contributed by atoms with Gasteiger partial charge in [0.05, 0.1) is 6.21 Å². The lowest BCUT2D eigenvalue weighted by Crippen LogP contribution is -2.05. The molecule has 1 unspecified atom stereocenters. The number of nitrogens with zero attached hydrogens (tertiary/aromatic N) is 3. The molecule has 1 aliphatic heterocycles. The van der Waals surface area contributed by atoms with Crippen molar-refractivity contribution >= 4 is 18.4 Å². The molecule has 0 aliphatic carbocycles. The highest BCUT2D eigenvalue weighted by Gasteiger charge is 2.23. The summed E-state index contributed by atoms with van der Waals surface area (Å²) in [5, 5.41) is 11.1. The number of benzene rings is 1. The van der Waals surface area contributed by atoms with Crippen LogP contribution in [0.3, 0.4) is 0 Å². The molecule has 2 heterocycles. The first-order chi connectivity index (χ1) is 9.75. The minimum absolute atomic E-state index is 0.110. The van der Waals surface area contributed by atoms with Gasteiger partial charge < -0.3 is 4.74 Å². The smallest absolute Gasteiger partial charge is 0.216 e. The molecule has 1 aromatic heterocycles. The standard InChI is InChI=1S/C13H13FN4OS/c14-10-5-2-1-4-9(10)8-15-18-12(16-17-13(18)20)11-6-3-7-19-11/h1-2,4-5,8,11H,3,6-7H2,(H,17,20)/b15-8-. The lowest BCUT2D eigenvalue weighted by molar-refractivity contribution is 0.102. The molecule has 0 saturated carbocycles. The zero-order chi connectivity index (χ0) is 13.9. The van der Waals surface area contributed by atoms with Crippen LogP contribution in [0.1, 0.15) is 30.3 Å². The van der Waals surface area contributed by atoms with Crippen LogP contribution in [0.25, 0.3) is 0 Å². The topological polar surface area (TPSA) is 55.2 Å². The minimum Gasteiger partial charge on any atom is -0.370 e. The molecule has 2 aromatic rings. The maximum absolute atomic E-state index is 13.5. The number of H-pyrrole nitrogens is 1. The SMILES string of the molecule is Fc1ccccc1/C=N\n1c(C2CCCO2)n[nH]c1=S. The van der Waals surface area contributed by atoms with Crippen LogP contribution < -0.4 is 0 Å². The van der Waals surface area contributed by atoms with Gasteiger partial charge in [-0.3, -0.25) is 5.10 Å². The van der Waals surface area contributed by atoms with E-state index in [9.17, 15) is 4.39 Å². The Morgan fingerprint density at radius 3 is 3.10 bits per heavy atom. The van der Waals surface area contributed by atoms with Gasteiger partial charge in [0.25, 0.3) is 0 Å².